The molecule has 17 heavy (non-hydrogen) atoms. The molecular weight excluding hydrogens is 212 g/mol. The average Bonchev–Trinajstić information content (AvgIpc) is 2.51. The van der Waals surface area contributed by atoms with E-state index in [1.54, 1.807) is 7.11 Å². The van der Waals surface area contributed by atoms with Crippen molar-refractivity contribution in [2.24, 2.45) is 0 Å². The maximum atomic E-state index is 5.31. The summed E-state index contributed by atoms with van der Waals surface area (Å²) in [6, 6.07) is 9.42. The molecule has 2 atom stereocenters. The molecule has 1 aromatic carbocycles. The van der Waals surface area contributed by atoms with E-state index in [1.165, 1.54) is 12.1 Å². The van der Waals surface area contributed by atoms with Crippen molar-refractivity contribution in [3.8, 4) is 5.75 Å². The van der Waals surface area contributed by atoms with Crippen LogP contribution in [0.3, 0.4) is 0 Å². The monoisotopic (exact) mass is 234 g/mol. The van der Waals surface area contributed by atoms with E-state index in [2.05, 4.69) is 42.3 Å². The largest absolute Gasteiger partial charge is 0.497 e. The lowest BCUT2D eigenvalue weighted by Crippen LogP contribution is -2.41. The van der Waals surface area contributed by atoms with Gasteiger partial charge in [-0.3, -0.25) is 0 Å². The van der Waals surface area contributed by atoms with Crippen molar-refractivity contribution < 1.29 is 4.74 Å². The van der Waals surface area contributed by atoms with Crippen LogP contribution in [-0.2, 0) is 0 Å². The molecule has 2 rings (SSSR count). The first-order valence-electron chi connectivity index (χ1n) is 6.35. The zero-order valence-electron chi connectivity index (χ0n) is 10.9. The number of nitrogens with zero attached hydrogens (tertiary/aromatic N) is 1. The van der Waals surface area contributed by atoms with Crippen molar-refractivity contribution in [2.75, 3.05) is 25.1 Å². The molecule has 2 unspecified atom stereocenters. The second kappa shape index (κ2) is 5.41. The van der Waals surface area contributed by atoms with Gasteiger partial charge in [-0.1, -0.05) is 6.07 Å². The molecule has 3 heteroatoms. The van der Waals surface area contributed by atoms with Crippen LogP contribution in [0.4, 0.5) is 5.69 Å². The van der Waals surface area contributed by atoms with Crippen LogP contribution in [0.25, 0.3) is 0 Å². The van der Waals surface area contributed by atoms with E-state index in [9.17, 15) is 0 Å². The van der Waals surface area contributed by atoms with Crippen LogP contribution in [0, 0.1) is 0 Å². The number of ether oxygens (including phenoxy) is 1. The van der Waals surface area contributed by atoms with E-state index in [4.69, 9.17) is 4.74 Å². The Morgan fingerprint density at radius 3 is 2.88 bits per heavy atom. The highest BCUT2D eigenvalue weighted by atomic mass is 16.5. The van der Waals surface area contributed by atoms with Crippen LogP contribution >= 0.6 is 0 Å². The molecule has 94 valence electrons. The minimum absolute atomic E-state index is 0.514. The predicted molar refractivity (Wildman–Crippen MR) is 71.9 cm³/mol. The molecule has 0 aliphatic carbocycles. The minimum Gasteiger partial charge on any atom is -0.497 e. The molecule has 1 heterocycles. The Hall–Kier alpha value is -1.22. The topological polar surface area (TPSA) is 24.5 Å². The summed E-state index contributed by atoms with van der Waals surface area (Å²) in [7, 11) is 1.72. The van der Waals surface area contributed by atoms with Gasteiger partial charge in [0.05, 0.1) is 7.11 Å². The number of methoxy groups -OCH3 is 1. The summed E-state index contributed by atoms with van der Waals surface area (Å²) in [5, 5.41) is 3.48. The van der Waals surface area contributed by atoms with Crippen LogP contribution in [0.5, 0.6) is 5.75 Å². The molecule has 1 N–H and O–H groups in total. The van der Waals surface area contributed by atoms with E-state index in [0.29, 0.717) is 12.1 Å². The zero-order chi connectivity index (χ0) is 12.3. The van der Waals surface area contributed by atoms with Gasteiger partial charge >= 0.3 is 0 Å². The molecular formula is C14H22N2O. The number of nitrogens with one attached hydrogen (secondary N) is 1. The van der Waals surface area contributed by atoms with Crippen LogP contribution in [0.2, 0.25) is 0 Å². The van der Waals surface area contributed by atoms with Crippen molar-refractivity contribution in [3.05, 3.63) is 24.3 Å². The SMILES string of the molecule is COc1cccc(N2C(C)CCNCC2C)c1. The van der Waals surface area contributed by atoms with Crippen LogP contribution < -0.4 is 15.0 Å². The van der Waals surface area contributed by atoms with Gasteiger partial charge in [-0.25, -0.2) is 0 Å². The molecule has 0 saturated carbocycles. The Labute approximate surface area is 104 Å². The summed E-state index contributed by atoms with van der Waals surface area (Å²) in [6.07, 6.45) is 1.18. The first kappa shape index (κ1) is 12.2. The van der Waals surface area contributed by atoms with E-state index in [0.717, 1.165) is 18.8 Å². The molecule has 0 bridgehead atoms. The van der Waals surface area contributed by atoms with E-state index in [-0.39, 0.29) is 0 Å². The molecule has 1 aliphatic heterocycles. The van der Waals surface area contributed by atoms with Crippen molar-refractivity contribution in [1.82, 2.24) is 5.32 Å². The highest BCUT2D eigenvalue weighted by molar-refractivity contribution is 5.52. The standard InChI is InChI=1S/C14H22N2O/c1-11-7-8-15-10-12(2)16(11)13-5-4-6-14(9-13)17-3/h4-6,9,11-12,15H,7-8,10H2,1-3H3. The number of hydrogen-bond donors (Lipinski definition) is 1. The fourth-order valence-electron chi connectivity index (χ4n) is 2.57. The molecule has 0 aromatic heterocycles. The second-order valence-electron chi connectivity index (χ2n) is 4.80. The highest BCUT2D eigenvalue weighted by Crippen LogP contribution is 2.26. The van der Waals surface area contributed by atoms with Crippen molar-refractivity contribution in [1.29, 1.82) is 0 Å². The average molecular weight is 234 g/mol. The smallest absolute Gasteiger partial charge is 0.120 e. The van der Waals surface area contributed by atoms with Gasteiger partial charge in [-0.2, -0.15) is 0 Å². The third kappa shape index (κ3) is 2.72. The summed E-state index contributed by atoms with van der Waals surface area (Å²) < 4.78 is 5.31. The normalized spacial score (nSPS) is 25.5. The molecule has 0 spiro atoms. The second-order valence-corrected chi connectivity index (χ2v) is 4.80. The van der Waals surface area contributed by atoms with Gasteiger partial charge in [0.25, 0.3) is 0 Å². The summed E-state index contributed by atoms with van der Waals surface area (Å²) in [6.45, 7) is 6.71. The third-order valence-electron chi connectivity index (χ3n) is 3.48. The quantitative estimate of drug-likeness (QED) is 0.849. The Bertz CT molecular complexity index is 355. The lowest BCUT2D eigenvalue weighted by molar-refractivity contribution is 0.414. The third-order valence-corrected chi connectivity index (χ3v) is 3.48. The maximum absolute atomic E-state index is 5.31. The van der Waals surface area contributed by atoms with Gasteiger partial charge in [0.1, 0.15) is 5.75 Å². The summed E-state index contributed by atoms with van der Waals surface area (Å²) >= 11 is 0. The Morgan fingerprint density at radius 1 is 1.29 bits per heavy atom. The molecule has 3 nitrogen and oxygen atoms in total. The fraction of sp³-hybridized carbons (Fsp3) is 0.571. The highest BCUT2D eigenvalue weighted by Gasteiger charge is 2.23. The summed E-state index contributed by atoms with van der Waals surface area (Å²) in [5.41, 5.74) is 1.26. The van der Waals surface area contributed by atoms with Gasteiger partial charge in [0.2, 0.25) is 0 Å². The lowest BCUT2D eigenvalue weighted by atomic mass is 10.1. The Balaban J connectivity index is 2.27. The Kier molecular flexibility index (Phi) is 3.89. The predicted octanol–water partition coefficient (Wildman–Crippen LogP) is 2.27. The zero-order valence-corrected chi connectivity index (χ0v) is 10.9. The van der Waals surface area contributed by atoms with Gasteiger partial charge in [-0.05, 0) is 38.9 Å². The van der Waals surface area contributed by atoms with E-state index < -0.39 is 0 Å². The Morgan fingerprint density at radius 2 is 2.12 bits per heavy atom. The number of benzene rings is 1. The van der Waals surface area contributed by atoms with Crippen molar-refractivity contribution >= 4 is 5.69 Å². The molecule has 1 aromatic rings. The summed E-state index contributed by atoms with van der Waals surface area (Å²) in [4.78, 5) is 2.49. The molecule has 1 aliphatic rings. The summed E-state index contributed by atoms with van der Waals surface area (Å²) in [5.74, 6) is 0.930. The van der Waals surface area contributed by atoms with Gasteiger partial charge in [-0.15, -0.1) is 0 Å². The maximum Gasteiger partial charge on any atom is 0.120 e. The van der Waals surface area contributed by atoms with E-state index >= 15 is 0 Å². The lowest BCUT2D eigenvalue weighted by Gasteiger charge is -2.34. The van der Waals surface area contributed by atoms with Gasteiger partial charge in [0, 0.05) is 30.4 Å². The van der Waals surface area contributed by atoms with Gasteiger partial charge < -0.3 is 15.0 Å². The first-order valence-corrected chi connectivity index (χ1v) is 6.35. The molecule has 0 radical (unpaired) electrons. The number of rotatable bonds is 2. The first-order chi connectivity index (χ1) is 8.22. The van der Waals surface area contributed by atoms with Gasteiger partial charge in [0.15, 0.2) is 0 Å². The fourth-order valence-corrected chi connectivity index (χ4v) is 2.57. The number of hydrogen-bond acceptors (Lipinski definition) is 3. The van der Waals surface area contributed by atoms with Crippen LogP contribution in [0.15, 0.2) is 24.3 Å². The minimum atomic E-state index is 0.514. The van der Waals surface area contributed by atoms with Crippen molar-refractivity contribution in [2.45, 2.75) is 32.4 Å². The van der Waals surface area contributed by atoms with Crippen LogP contribution in [-0.4, -0.2) is 32.3 Å². The molecule has 0 amide bonds. The number of anilines is 1. The van der Waals surface area contributed by atoms with Crippen LogP contribution in [0.1, 0.15) is 20.3 Å². The van der Waals surface area contributed by atoms with Crippen molar-refractivity contribution in [3.63, 3.8) is 0 Å². The van der Waals surface area contributed by atoms with E-state index in [1.807, 2.05) is 6.07 Å². The molecule has 1 fully saturated rings. The molecule has 1 saturated heterocycles.